The van der Waals surface area contributed by atoms with E-state index in [9.17, 15) is 8.42 Å². The smallest absolute Gasteiger partial charge is 0.229 e. The van der Waals surface area contributed by atoms with Gasteiger partial charge in [-0.05, 0) is 42.5 Å². The van der Waals surface area contributed by atoms with Gasteiger partial charge >= 0.3 is 0 Å². The first-order valence-electron chi connectivity index (χ1n) is 6.55. The number of benzene rings is 1. The number of hydrogen-bond donors (Lipinski definition) is 1. The molecular formula is C15H16N2O2S. The van der Waals surface area contributed by atoms with E-state index in [1.165, 1.54) is 18.4 Å². The molecule has 0 radical (unpaired) electrons. The van der Waals surface area contributed by atoms with Crippen molar-refractivity contribution in [2.75, 3.05) is 11.0 Å². The van der Waals surface area contributed by atoms with Crippen LogP contribution < -0.4 is 4.72 Å². The Kier molecular flexibility index (Phi) is 3.22. The molecule has 0 saturated heterocycles. The first-order valence-corrected chi connectivity index (χ1v) is 8.44. The Bertz CT molecular complexity index is 720. The Hall–Kier alpha value is -1.88. The second kappa shape index (κ2) is 4.90. The van der Waals surface area contributed by atoms with Crippen molar-refractivity contribution in [3.63, 3.8) is 0 Å². The normalized spacial score (nSPS) is 15.1. The number of sulfonamides is 1. The van der Waals surface area contributed by atoms with Crippen LogP contribution in [0.4, 0.5) is 5.69 Å². The molecule has 4 nitrogen and oxygen atoms in total. The summed E-state index contributed by atoms with van der Waals surface area (Å²) in [6, 6.07) is 11.4. The molecule has 1 saturated carbocycles. The van der Waals surface area contributed by atoms with Crippen LogP contribution >= 0.6 is 0 Å². The van der Waals surface area contributed by atoms with E-state index in [1.807, 2.05) is 24.4 Å². The summed E-state index contributed by atoms with van der Waals surface area (Å²) < 4.78 is 25.0. The summed E-state index contributed by atoms with van der Waals surface area (Å²) in [4.78, 5) is 4.47. The van der Waals surface area contributed by atoms with Crippen LogP contribution in [0.3, 0.4) is 0 Å². The van der Waals surface area contributed by atoms with E-state index in [0.717, 1.165) is 17.5 Å². The number of rotatable bonds is 4. The van der Waals surface area contributed by atoms with E-state index in [0.29, 0.717) is 11.6 Å². The van der Waals surface area contributed by atoms with Crippen LogP contribution in [0, 0.1) is 0 Å². The molecule has 0 amide bonds. The molecule has 0 aliphatic heterocycles. The van der Waals surface area contributed by atoms with Crippen molar-refractivity contribution >= 4 is 15.7 Å². The molecule has 3 rings (SSSR count). The molecule has 1 heterocycles. The maximum atomic E-state index is 11.2. The van der Waals surface area contributed by atoms with Gasteiger partial charge in [0, 0.05) is 17.4 Å². The van der Waals surface area contributed by atoms with Crippen LogP contribution in [0.2, 0.25) is 0 Å². The molecule has 0 spiro atoms. The fourth-order valence-corrected chi connectivity index (χ4v) is 2.75. The van der Waals surface area contributed by atoms with Gasteiger partial charge in [-0.3, -0.25) is 9.71 Å². The van der Waals surface area contributed by atoms with Gasteiger partial charge in [-0.25, -0.2) is 8.42 Å². The van der Waals surface area contributed by atoms with E-state index < -0.39 is 10.0 Å². The third-order valence-electron chi connectivity index (χ3n) is 3.30. The van der Waals surface area contributed by atoms with Crippen LogP contribution in [0.5, 0.6) is 0 Å². The van der Waals surface area contributed by atoms with Crippen molar-refractivity contribution in [3.05, 3.63) is 48.2 Å². The van der Waals surface area contributed by atoms with Gasteiger partial charge in [-0.2, -0.15) is 0 Å². The van der Waals surface area contributed by atoms with Crippen LogP contribution in [-0.2, 0) is 10.0 Å². The maximum Gasteiger partial charge on any atom is 0.229 e. The highest BCUT2D eigenvalue weighted by Gasteiger charge is 2.23. The van der Waals surface area contributed by atoms with Crippen LogP contribution in [-0.4, -0.2) is 19.7 Å². The molecule has 20 heavy (non-hydrogen) atoms. The second-order valence-electron chi connectivity index (χ2n) is 5.21. The van der Waals surface area contributed by atoms with Gasteiger partial charge in [0.05, 0.1) is 11.9 Å². The number of hydrogen-bond acceptors (Lipinski definition) is 3. The summed E-state index contributed by atoms with van der Waals surface area (Å²) >= 11 is 0. The van der Waals surface area contributed by atoms with Crippen molar-refractivity contribution in [1.29, 1.82) is 0 Å². The molecule has 1 fully saturated rings. The monoisotopic (exact) mass is 288 g/mol. The predicted molar refractivity (Wildman–Crippen MR) is 80.1 cm³/mol. The van der Waals surface area contributed by atoms with E-state index in [1.54, 1.807) is 12.1 Å². The van der Waals surface area contributed by atoms with Gasteiger partial charge in [0.1, 0.15) is 0 Å². The molecule has 2 aromatic rings. The zero-order valence-corrected chi connectivity index (χ0v) is 12.0. The summed E-state index contributed by atoms with van der Waals surface area (Å²) in [5.41, 5.74) is 3.60. The summed E-state index contributed by atoms with van der Waals surface area (Å²) in [7, 11) is -3.26. The van der Waals surface area contributed by atoms with Crippen molar-refractivity contribution < 1.29 is 8.42 Å². The highest BCUT2D eigenvalue weighted by Crippen LogP contribution is 2.39. The van der Waals surface area contributed by atoms with Gasteiger partial charge in [0.15, 0.2) is 0 Å². The molecular weight excluding hydrogens is 272 g/mol. The van der Waals surface area contributed by atoms with Crippen LogP contribution in [0.1, 0.15) is 24.3 Å². The third-order valence-corrected chi connectivity index (χ3v) is 3.90. The molecule has 1 N–H and O–H groups in total. The Morgan fingerprint density at radius 1 is 1.20 bits per heavy atom. The second-order valence-corrected chi connectivity index (χ2v) is 6.95. The molecule has 1 aliphatic carbocycles. The zero-order valence-electron chi connectivity index (χ0n) is 11.2. The van der Waals surface area contributed by atoms with Gasteiger partial charge in [0.2, 0.25) is 10.0 Å². The zero-order chi connectivity index (χ0) is 14.2. The molecule has 0 unspecified atom stereocenters. The topological polar surface area (TPSA) is 59.1 Å². The maximum absolute atomic E-state index is 11.2. The third kappa shape index (κ3) is 3.17. The van der Waals surface area contributed by atoms with E-state index >= 15 is 0 Å². The van der Waals surface area contributed by atoms with Gasteiger partial charge in [-0.1, -0.05) is 18.2 Å². The molecule has 1 aliphatic rings. The minimum Gasteiger partial charge on any atom is -0.284 e. The van der Waals surface area contributed by atoms with E-state index in [2.05, 4.69) is 15.8 Å². The number of nitrogens with zero attached hydrogens (tertiary/aromatic N) is 1. The first kappa shape index (κ1) is 13.1. The highest BCUT2D eigenvalue weighted by atomic mass is 32.2. The lowest BCUT2D eigenvalue weighted by molar-refractivity contribution is 0.607. The quantitative estimate of drug-likeness (QED) is 0.941. The fourth-order valence-electron chi connectivity index (χ4n) is 2.19. The van der Waals surface area contributed by atoms with Crippen LogP contribution in [0.15, 0.2) is 42.6 Å². The highest BCUT2D eigenvalue weighted by molar-refractivity contribution is 7.92. The average Bonchev–Trinajstić information content (AvgIpc) is 3.21. The van der Waals surface area contributed by atoms with Gasteiger partial charge in [0.25, 0.3) is 0 Å². The average molecular weight is 288 g/mol. The summed E-state index contributed by atoms with van der Waals surface area (Å²) in [6.45, 7) is 0. The number of anilines is 1. The van der Waals surface area contributed by atoms with Crippen molar-refractivity contribution in [2.24, 2.45) is 0 Å². The van der Waals surface area contributed by atoms with E-state index in [-0.39, 0.29) is 0 Å². The lowest BCUT2D eigenvalue weighted by atomic mass is 10.1. The molecule has 0 atom stereocenters. The Morgan fingerprint density at radius 2 is 2.00 bits per heavy atom. The number of nitrogens with one attached hydrogen (secondary N) is 1. The SMILES string of the molecule is CS(=O)(=O)Nc1cccc(-c2ccc(C3CC3)cn2)c1. The largest absolute Gasteiger partial charge is 0.284 e. The lowest BCUT2D eigenvalue weighted by Gasteiger charge is -2.07. The van der Waals surface area contributed by atoms with Crippen LogP contribution in [0.25, 0.3) is 11.3 Å². The first-order chi connectivity index (χ1) is 9.51. The Labute approximate surface area is 118 Å². The Morgan fingerprint density at radius 3 is 2.60 bits per heavy atom. The lowest BCUT2D eigenvalue weighted by Crippen LogP contribution is -2.09. The molecule has 1 aromatic carbocycles. The fraction of sp³-hybridized carbons (Fsp3) is 0.267. The summed E-state index contributed by atoms with van der Waals surface area (Å²) in [5, 5.41) is 0. The molecule has 104 valence electrons. The molecule has 1 aromatic heterocycles. The van der Waals surface area contributed by atoms with Crippen molar-refractivity contribution in [2.45, 2.75) is 18.8 Å². The van der Waals surface area contributed by atoms with Gasteiger partial charge in [-0.15, -0.1) is 0 Å². The Balaban J connectivity index is 1.87. The van der Waals surface area contributed by atoms with E-state index in [4.69, 9.17) is 0 Å². The molecule has 5 heteroatoms. The minimum absolute atomic E-state index is 0.554. The summed E-state index contributed by atoms with van der Waals surface area (Å²) in [6.07, 6.45) is 5.58. The number of pyridine rings is 1. The predicted octanol–water partition coefficient (Wildman–Crippen LogP) is 3.00. The standard InChI is InChI=1S/C15H16N2O2S/c1-20(18,19)17-14-4-2-3-12(9-14)15-8-7-13(10-16-15)11-5-6-11/h2-4,7-11,17H,5-6H2,1H3. The number of aromatic nitrogens is 1. The van der Waals surface area contributed by atoms with Gasteiger partial charge < -0.3 is 0 Å². The van der Waals surface area contributed by atoms with Crippen molar-refractivity contribution in [1.82, 2.24) is 4.98 Å². The van der Waals surface area contributed by atoms with Crippen molar-refractivity contribution in [3.8, 4) is 11.3 Å². The minimum atomic E-state index is -3.26. The molecule has 0 bridgehead atoms. The summed E-state index contributed by atoms with van der Waals surface area (Å²) in [5.74, 6) is 0.690.